The summed E-state index contributed by atoms with van der Waals surface area (Å²) in [5.74, 6) is 0.699. The van der Waals surface area contributed by atoms with E-state index in [0.717, 1.165) is 12.2 Å². The van der Waals surface area contributed by atoms with Crippen LogP contribution in [0.2, 0.25) is 5.02 Å². The molecule has 2 nitrogen and oxygen atoms in total. The number of para-hydroxylation sites is 1. The average Bonchev–Trinajstić information content (AvgIpc) is 2.91. The van der Waals surface area contributed by atoms with E-state index >= 15 is 0 Å². The fraction of sp³-hybridized carbons (Fsp3) is 0.294. The second-order valence-electron chi connectivity index (χ2n) is 5.30. The smallest absolute Gasteiger partial charge is 0.126 e. The summed E-state index contributed by atoms with van der Waals surface area (Å²) in [7, 11) is 1.87. The topological polar surface area (TPSA) is 21.3 Å². The van der Waals surface area contributed by atoms with Gasteiger partial charge in [-0.2, -0.15) is 0 Å². The molecule has 110 valence electrons. The molecule has 2 aromatic rings. The van der Waals surface area contributed by atoms with E-state index in [1.54, 1.807) is 12.1 Å². The van der Waals surface area contributed by atoms with Crippen LogP contribution in [0.15, 0.2) is 42.5 Å². The van der Waals surface area contributed by atoms with Crippen molar-refractivity contribution < 1.29 is 9.13 Å². The van der Waals surface area contributed by atoms with Crippen molar-refractivity contribution in [2.75, 3.05) is 7.05 Å². The molecule has 1 aliphatic heterocycles. The lowest BCUT2D eigenvalue weighted by Crippen LogP contribution is -2.42. The maximum absolute atomic E-state index is 13.9. The number of benzene rings is 2. The summed E-state index contributed by atoms with van der Waals surface area (Å²) >= 11 is 5.96. The molecule has 0 saturated carbocycles. The first-order valence-electron chi connectivity index (χ1n) is 7.03. The SMILES string of the molecule is CNC(Cc1cc(Cl)ccc1F)C1Cc2ccccc2O1. The van der Waals surface area contributed by atoms with Gasteiger partial charge in [0.25, 0.3) is 0 Å². The third kappa shape index (κ3) is 3.04. The van der Waals surface area contributed by atoms with E-state index in [1.165, 1.54) is 11.6 Å². The molecule has 4 heteroatoms. The van der Waals surface area contributed by atoms with Gasteiger partial charge in [-0.05, 0) is 48.9 Å². The molecule has 2 aromatic carbocycles. The zero-order chi connectivity index (χ0) is 14.8. The highest BCUT2D eigenvalue weighted by molar-refractivity contribution is 6.30. The second kappa shape index (κ2) is 6.04. The fourth-order valence-corrected chi connectivity index (χ4v) is 2.98. The minimum absolute atomic E-state index is 0.00535. The molecule has 21 heavy (non-hydrogen) atoms. The molecule has 0 amide bonds. The molecule has 1 heterocycles. The van der Waals surface area contributed by atoms with E-state index in [0.29, 0.717) is 17.0 Å². The molecule has 2 unspecified atom stereocenters. The van der Waals surface area contributed by atoms with Crippen LogP contribution in [-0.2, 0) is 12.8 Å². The minimum atomic E-state index is -0.227. The van der Waals surface area contributed by atoms with Gasteiger partial charge in [-0.25, -0.2) is 4.39 Å². The van der Waals surface area contributed by atoms with Crippen molar-refractivity contribution in [1.82, 2.24) is 5.32 Å². The summed E-state index contributed by atoms with van der Waals surface area (Å²) in [6.45, 7) is 0. The van der Waals surface area contributed by atoms with Crippen molar-refractivity contribution >= 4 is 11.6 Å². The van der Waals surface area contributed by atoms with E-state index in [2.05, 4.69) is 11.4 Å². The molecule has 0 radical (unpaired) electrons. The maximum atomic E-state index is 13.9. The Labute approximate surface area is 128 Å². The summed E-state index contributed by atoms with van der Waals surface area (Å²) in [6, 6.07) is 12.7. The summed E-state index contributed by atoms with van der Waals surface area (Å²) < 4.78 is 19.9. The second-order valence-corrected chi connectivity index (χ2v) is 5.74. The van der Waals surface area contributed by atoms with Crippen LogP contribution in [0.5, 0.6) is 5.75 Å². The summed E-state index contributed by atoms with van der Waals surface area (Å²) in [5, 5.41) is 3.79. The Hall–Kier alpha value is -1.58. The minimum Gasteiger partial charge on any atom is -0.488 e. The third-order valence-corrected chi connectivity index (χ3v) is 4.17. The summed E-state index contributed by atoms with van der Waals surface area (Å²) in [6.07, 6.45) is 1.39. The van der Waals surface area contributed by atoms with Crippen LogP contribution in [0.4, 0.5) is 4.39 Å². The first kappa shape index (κ1) is 14.4. The van der Waals surface area contributed by atoms with E-state index in [-0.39, 0.29) is 18.0 Å². The Kier molecular flexibility index (Phi) is 4.13. The van der Waals surface area contributed by atoms with Crippen molar-refractivity contribution in [3.05, 3.63) is 64.4 Å². The van der Waals surface area contributed by atoms with Gasteiger partial charge in [-0.3, -0.25) is 0 Å². The Morgan fingerprint density at radius 3 is 2.90 bits per heavy atom. The molecular weight excluding hydrogens is 289 g/mol. The van der Waals surface area contributed by atoms with Gasteiger partial charge in [0, 0.05) is 17.5 Å². The number of rotatable bonds is 4. The van der Waals surface area contributed by atoms with Crippen molar-refractivity contribution in [3.63, 3.8) is 0 Å². The Balaban J connectivity index is 1.76. The highest BCUT2D eigenvalue weighted by Gasteiger charge is 2.29. The number of ether oxygens (including phenoxy) is 1. The summed E-state index contributed by atoms with van der Waals surface area (Å²) in [4.78, 5) is 0. The first-order chi connectivity index (χ1) is 10.2. The lowest BCUT2D eigenvalue weighted by atomic mass is 9.98. The average molecular weight is 306 g/mol. The predicted molar refractivity (Wildman–Crippen MR) is 82.5 cm³/mol. The molecule has 0 aliphatic carbocycles. The van der Waals surface area contributed by atoms with Crippen LogP contribution < -0.4 is 10.1 Å². The van der Waals surface area contributed by atoms with Crippen LogP contribution in [0.1, 0.15) is 11.1 Å². The van der Waals surface area contributed by atoms with Gasteiger partial charge in [-0.1, -0.05) is 29.8 Å². The number of likely N-dealkylation sites (N-methyl/N-ethyl adjacent to an activating group) is 1. The number of halogens is 2. The highest BCUT2D eigenvalue weighted by Crippen LogP contribution is 2.30. The molecule has 0 spiro atoms. The van der Waals surface area contributed by atoms with Gasteiger partial charge < -0.3 is 10.1 Å². The van der Waals surface area contributed by atoms with E-state index < -0.39 is 0 Å². The molecule has 0 aromatic heterocycles. The molecular formula is C17H17ClFNO. The van der Waals surface area contributed by atoms with Gasteiger partial charge in [0.15, 0.2) is 0 Å². The fourth-order valence-electron chi connectivity index (χ4n) is 2.79. The number of hydrogen-bond acceptors (Lipinski definition) is 2. The monoisotopic (exact) mass is 305 g/mol. The molecule has 0 fully saturated rings. The van der Waals surface area contributed by atoms with Crippen LogP contribution in [-0.4, -0.2) is 19.2 Å². The van der Waals surface area contributed by atoms with Crippen molar-refractivity contribution in [3.8, 4) is 5.75 Å². The number of nitrogens with one attached hydrogen (secondary N) is 1. The molecule has 1 aliphatic rings. The largest absolute Gasteiger partial charge is 0.488 e. The molecule has 3 rings (SSSR count). The predicted octanol–water partition coefficient (Wildman–Crippen LogP) is 3.61. The molecule has 1 N–H and O–H groups in total. The standard InChI is InChI=1S/C17H17ClFNO/c1-20-15(9-12-8-13(18)6-7-14(12)19)17-10-11-4-2-3-5-16(11)21-17/h2-8,15,17,20H,9-10H2,1H3. The van der Waals surface area contributed by atoms with Gasteiger partial charge in [0.2, 0.25) is 0 Å². The van der Waals surface area contributed by atoms with Crippen LogP contribution >= 0.6 is 11.6 Å². The third-order valence-electron chi connectivity index (χ3n) is 3.94. The van der Waals surface area contributed by atoms with Gasteiger partial charge in [-0.15, -0.1) is 0 Å². The Morgan fingerprint density at radius 1 is 1.33 bits per heavy atom. The van der Waals surface area contributed by atoms with Crippen molar-refractivity contribution in [2.45, 2.75) is 25.0 Å². The highest BCUT2D eigenvalue weighted by atomic mass is 35.5. The van der Waals surface area contributed by atoms with E-state index in [4.69, 9.17) is 16.3 Å². The maximum Gasteiger partial charge on any atom is 0.126 e. The van der Waals surface area contributed by atoms with Crippen LogP contribution in [0.3, 0.4) is 0 Å². The van der Waals surface area contributed by atoms with Gasteiger partial charge >= 0.3 is 0 Å². The zero-order valence-corrected chi connectivity index (χ0v) is 12.5. The molecule has 2 atom stereocenters. The zero-order valence-electron chi connectivity index (χ0n) is 11.8. The Bertz CT molecular complexity index is 621. The van der Waals surface area contributed by atoms with Crippen LogP contribution in [0, 0.1) is 5.82 Å². The van der Waals surface area contributed by atoms with Crippen LogP contribution in [0.25, 0.3) is 0 Å². The lowest BCUT2D eigenvalue weighted by molar-refractivity contribution is 0.181. The summed E-state index contributed by atoms with van der Waals surface area (Å²) in [5.41, 5.74) is 1.82. The first-order valence-corrected chi connectivity index (χ1v) is 7.41. The quantitative estimate of drug-likeness (QED) is 0.931. The number of hydrogen-bond donors (Lipinski definition) is 1. The lowest BCUT2D eigenvalue weighted by Gasteiger charge is -2.23. The normalized spacial score (nSPS) is 18.1. The number of fused-ring (bicyclic) bond motifs is 1. The van der Waals surface area contributed by atoms with E-state index in [9.17, 15) is 4.39 Å². The molecule has 0 saturated heterocycles. The Morgan fingerprint density at radius 2 is 2.14 bits per heavy atom. The van der Waals surface area contributed by atoms with Crippen molar-refractivity contribution in [2.24, 2.45) is 0 Å². The van der Waals surface area contributed by atoms with E-state index in [1.807, 2.05) is 25.2 Å². The van der Waals surface area contributed by atoms with Gasteiger partial charge in [0.1, 0.15) is 17.7 Å². The molecule has 0 bridgehead atoms. The van der Waals surface area contributed by atoms with Crippen molar-refractivity contribution in [1.29, 1.82) is 0 Å². The van der Waals surface area contributed by atoms with Gasteiger partial charge in [0.05, 0.1) is 0 Å².